The number of halogens is 1. The number of methoxy groups -OCH3 is 1. The molecule has 0 heterocycles. The third-order valence-corrected chi connectivity index (χ3v) is 3.58. The molecule has 0 aromatic heterocycles. The Labute approximate surface area is 125 Å². The first kappa shape index (κ1) is 15.3. The molecule has 0 fully saturated rings. The molecule has 0 radical (unpaired) electrons. The van der Waals surface area contributed by atoms with Gasteiger partial charge in [-0.2, -0.15) is 0 Å². The predicted molar refractivity (Wildman–Crippen MR) is 84.5 cm³/mol. The van der Waals surface area contributed by atoms with Crippen molar-refractivity contribution in [2.24, 2.45) is 0 Å². The molecule has 1 unspecified atom stereocenters. The van der Waals surface area contributed by atoms with Gasteiger partial charge in [-0.15, -0.1) is 0 Å². The highest BCUT2D eigenvalue weighted by Gasteiger charge is 2.17. The number of rotatable bonds is 6. The van der Waals surface area contributed by atoms with E-state index in [1.54, 1.807) is 13.2 Å². The van der Waals surface area contributed by atoms with Crippen molar-refractivity contribution in [2.45, 2.75) is 6.04 Å². The van der Waals surface area contributed by atoms with Crippen molar-refractivity contribution in [3.05, 3.63) is 59.9 Å². The van der Waals surface area contributed by atoms with Crippen LogP contribution in [0.5, 0.6) is 5.75 Å². The lowest BCUT2D eigenvalue weighted by atomic mass is 10.1. The number of hydrogen-bond acceptors (Lipinski definition) is 3. The van der Waals surface area contributed by atoms with Gasteiger partial charge in [-0.1, -0.05) is 30.3 Å². The quantitative estimate of drug-likeness (QED) is 0.883. The van der Waals surface area contributed by atoms with E-state index in [1.807, 2.05) is 50.5 Å². The summed E-state index contributed by atoms with van der Waals surface area (Å²) in [7, 11) is 5.47. The van der Waals surface area contributed by atoms with Crippen LogP contribution in [-0.2, 0) is 0 Å². The minimum absolute atomic E-state index is 0.0962. The summed E-state index contributed by atoms with van der Waals surface area (Å²) in [5, 5.41) is 3.17. The normalized spacial score (nSPS) is 12.0. The van der Waals surface area contributed by atoms with Crippen LogP contribution in [0.4, 0.5) is 10.1 Å². The van der Waals surface area contributed by atoms with Crippen LogP contribution >= 0.6 is 0 Å². The van der Waals surface area contributed by atoms with Crippen molar-refractivity contribution in [3.8, 4) is 5.75 Å². The van der Waals surface area contributed by atoms with E-state index >= 15 is 0 Å². The van der Waals surface area contributed by atoms with Crippen molar-refractivity contribution >= 4 is 5.69 Å². The molecule has 2 aromatic carbocycles. The number of para-hydroxylation sites is 2. The highest BCUT2D eigenvalue weighted by atomic mass is 19.1. The second-order valence-corrected chi connectivity index (χ2v) is 4.92. The number of hydrogen-bond donors (Lipinski definition) is 1. The first-order chi connectivity index (χ1) is 10.2. The van der Waals surface area contributed by atoms with Crippen molar-refractivity contribution in [2.75, 3.05) is 32.6 Å². The van der Waals surface area contributed by atoms with E-state index in [1.165, 1.54) is 6.07 Å². The topological polar surface area (TPSA) is 24.5 Å². The fourth-order valence-corrected chi connectivity index (χ4v) is 2.42. The summed E-state index contributed by atoms with van der Waals surface area (Å²) < 4.78 is 19.3. The van der Waals surface area contributed by atoms with Crippen LogP contribution in [0, 0.1) is 5.82 Å². The zero-order valence-electron chi connectivity index (χ0n) is 12.6. The number of anilines is 1. The summed E-state index contributed by atoms with van der Waals surface area (Å²) in [6.45, 7) is 0.637. The summed E-state index contributed by atoms with van der Waals surface area (Å²) in [4.78, 5) is 2.06. The Kier molecular flexibility index (Phi) is 5.17. The van der Waals surface area contributed by atoms with E-state index in [0.29, 0.717) is 12.1 Å². The fourth-order valence-electron chi connectivity index (χ4n) is 2.42. The highest BCUT2D eigenvalue weighted by molar-refractivity contribution is 5.58. The van der Waals surface area contributed by atoms with Gasteiger partial charge in [-0.25, -0.2) is 4.39 Å². The number of nitrogens with one attached hydrogen (secondary N) is 1. The van der Waals surface area contributed by atoms with Crippen molar-refractivity contribution in [1.82, 2.24) is 5.32 Å². The van der Waals surface area contributed by atoms with Crippen molar-refractivity contribution < 1.29 is 9.13 Å². The molecule has 0 spiro atoms. The smallest absolute Gasteiger partial charge is 0.142 e. The minimum atomic E-state index is -0.190. The maximum atomic E-state index is 13.9. The van der Waals surface area contributed by atoms with Gasteiger partial charge in [0.05, 0.1) is 18.8 Å². The molecule has 0 saturated heterocycles. The first-order valence-electron chi connectivity index (χ1n) is 6.93. The first-order valence-corrected chi connectivity index (χ1v) is 6.93. The molecule has 0 saturated carbocycles. The largest absolute Gasteiger partial charge is 0.495 e. The Morgan fingerprint density at radius 3 is 2.48 bits per heavy atom. The average Bonchev–Trinajstić information content (AvgIpc) is 2.53. The third kappa shape index (κ3) is 3.52. The standard InChI is InChI=1S/C17H21FN2O/c1-19-15(13-8-4-5-9-14(13)18)12-20(2)16-10-6-7-11-17(16)21-3/h4-11,15,19H,12H2,1-3H3. The van der Waals surface area contributed by atoms with E-state index in [9.17, 15) is 4.39 Å². The van der Waals surface area contributed by atoms with Gasteiger partial charge in [0, 0.05) is 19.2 Å². The molecule has 3 nitrogen and oxygen atoms in total. The Balaban J connectivity index is 2.20. The molecule has 0 aliphatic rings. The summed E-state index contributed by atoms with van der Waals surface area (Å²) >= 11 is 0. The molecule has 21 heavy (non-hydrogen) atoms. The van der Waals surface area contributed by atoms with Crippen LogP contribution < -0.4 is 15.0 Å². The molecule has 0 aliphatic heterocycles. The van der Waals surface area contributed by atoms with E-state index in [0.717, 1.165) is 11.4 Å². The van der Waals surface area contributed by atoms with Gasteiger partial charge >= 0.3 is 0 Å². The van der Waals surface area contributed by atoms with Crippen LogP contribution in [-0.4, -0.2) is 27.7 Å². The number of nitrogens with zero attached hydrogens (tertiary/aromatic N) is 1. The lowest BCUT2D eigenvalue weighted by Crippen LogP contribution is -2.32. The molecular weight excluding hydrogens is 267 g/mol. The Bertz CT molecular complexity index is 589. The monoisotopic (exact) mass is 288 g/mol. The summed E-state index contributed by atoms with van der Waals surface area (Å²) in [6.07, 6.45) is 0. The lowest BCUT2D eigenvalue weighted by molar-refractivity contribution is 0.414. The molecule has 2 rings (SSSR count). The maximum absolute atomic E-state index is 13.9. The number of likely N-dealkylation sites (N-methyl/N-ethyl adjacent to an activating group) is 2. The van der Waals surface area contributed by atoms with Gasteiger partial charge < -0.3 is 15.0 Å². The summed E-state index contributed by atoms with van der Waals surface area (Å²) in [5.74, 6) is 0.619. The minimum Gasteiger partial charge on any atom is -0.495 e. The summed E-state index contributed by atoms with van der Waals surface area (Å²) in [6, 6.07) is 14.6. The second kappa shape index (κ2) is 7.09. The summed E-state index contributed by atoms with van der Waals surface area (Å²) in [5.41, 5.74) is 1.65. The van der Waals surface area contributed by atoms with E-state index in [-0.39, 0.29) is 11.9 Å². The average molecular weight is 288 g/mol. The molecule has 0 amide bonds. The van der Waals surface area contributed by atoms with Gasteiger partial charge in [0.15, 0.2) is 0 Å². The van der Waals surface area contributed by atoms with Crippen molar-refractivity contribution in [1.29, 1.82) is 0 Å². The van der Waals surface area contributed by atoms with Gasteiger partial charge in [0.2, 0.25) is 0 Å². The van der Waals surface area contributed by atoms with E-state index < -0.39 is 0 Å². The predicted octanol–water partition coefficient (Wildman–Crippen LogP) is 3.23. The maximum Gasteiger partial charge on any atom is 0.142 e. The fraction of sp³-hybridized carbons (Fsp3) is 0.294. The van der Waals surface area contributed by atoms with Gasteiger partial charge in [-0.05, 0) is 25.2 Å². The molecule has 1 N–H and O–H groups in total. The molecule has 0 aliphatic carbocycles. The molecule has 1 atom stereocenters. The van der Waals surface area contributed by atoms with Crippen molar-refractivity contribution in [3.63, 3.8) is 0 Å². The zero-order chi connectivity index (χ0) is 15.2. The number of benzene rings is 2. The Morgan fingerprint density at radius 2 is 1.81 bits per heavy atom. The van der Waals surface area contributed by atoms with Gasteiger partial charge in [-0.3, -0.25) is 0 Å². The van der Waals surface area contributed by atoms with Crippen LogP contribution in [0.3, 0.4) is 0 Å². The van der Waals surface area contributed by atoms with Gasteiger partial charge in [0.25, 0.3) is 0 Å². The van der Waals surface area contributed by atoms with Crippen LogP contribution in [0.1, 0.15) is 11.6 Å². The Morgan fingerprint density at radius 1 is 1.14 bits per heavy atom. The number of ether oxygens (including phenoxy) is 1. The van der Waals surface area contributed by atoms with E-state index in [4.69, 9.17) is 4.74 Å². The SMILES string of the molecule is CNC(CN(C)c1ccccc1OC)c1ccccc1F. The molecule has 0 bridgehead atoms. The van der Waals surface area contributed by atoms with Crippen LogP contribution in [0.15, 0.2) is 48.5 Å². The molecule has 4 heteroatoms. The third-order valence-electron chi connectivity index (χ3n) is 3.58. The second-order valence-electron chi connectivity index (χ2n) is 4.92. The molecule has 2 aromatic rings. The Hall–Kier alpha value is -2.07. The van der Waals surface area contributed by atoms with Crippen LogP contribution in [0.2, 0.25) is 0 Å². The zero-order valence-corrected chi connectivity index (χ0v) is 12.6. The van der Waals surface area contributed by atoms with Gasteiger partial charge in [0.1, 0.15) is 11.6 Å². The molecule has 112 valence electrons. The highest BCUT2D eigenvalue weighted by Crippen LogP contribution is 2.28. The molecular formula is C17H21FN2O. The lowest BCUT2D eigenvalue weighted by Gasteiger charge is -2.27. The van der Waals surface area contributed by atoms with E-state index in [2.05, 4.69) is 10.2 Å². The van der Waals surface area contributed by atoms with Crippen LogP contribution in [0.25, 0.3) is 0 Å².